The molecule has 0 fully saturated rings. The maximum absolute atomic E-state index is 8.32. The Morgan fingerprint density at radius 3 is 2.54 bits per heavy atom. The van der Waals surface area contributed by atoms with Crippen molar-refractivity contribution in [2.75, 3.05) is 11.9 Å². The fraction of sp³-hybridized carbons (Fsp3) is 0.300. The molecule has 0 spiro atoms. The van der Waals surface area contributed by atoms with Crippen molar-refractivity contribution in [3.8, 4) is 6.07 Å². The van der Waals surface area contributed by atoms with Gasteiger partial charge in [0.25, 0.3) is 0 Å². The first-order valence-corrected chi connectivity index (χ1v) is 4.26. The van der Waals surface area contributed by atoms with Crippen molar-refractivity contribution in [1.82, 2.24) is 0 Å². The number of nitrogens with zero attached hydrogens (tertiary/aromatic N) is 1. The normalized spacial score (nSPS) is 9.23. The lowest BCUT2D eigenvalue weighted by Gasteiger charge is -2.03. The summed E-state index contributed by atoms with van der Waals surface area (Å²) in [5.74, 6) is 0. The molecular formula is C10H13N3. The molecule has 0 radical (unpaired) electrons. The monoisotopic (exact) mass is 175 g/mol. The lowest BCUT2D eigenvalue weighted by atomic mass is 10.2. The molecule has 1 aromatic carbocycles. The number of rotatable bonds is 4. The van der Waals surface area contributed by atoms with Gasteiger partial charge in [-0.2, -0.15) is 5.26 Å². The van der Waals surface area contributed by atoms with Crippen LogP contribution in [0.1, 0.15) is 12.0 Å². The molecule has 3 heteroatoms. The average molecular weight is 175 g/mol. The summed E-state index contributed by atoms with van der Waals surface area (Å²) in [6.07, 6.45) is 0.526. The van der Waals surface area contributed by atoms with Gasteiger partial charge in [-0.3, -0.25) is 0 Å². The first kappa shape index (κ1) is 9.56. The minimum Gasteiger partial charge on any atom is -0.384 e. The molecule has 0 aliphatic heterocycles. The van der Waals surface area contributed by atoms with Crippen LogP contribution in [0, 0.1) is 11.3 Å². The predicted molar refractivity (Wildman–Crippen MR) is 53.1 cm³/mol. The number of hydrogen-bond acceptors (Lipinski definition) is 3. The minimum atomic E-state index is 0.526. The smallest absolute Gasteiger partial charge is 0.0640 e. The van der Waals surface area contributed by atoms with Gasteiger partial charge in [-0.15, -0.1) is 0 Å². The van der Waals surface area contributed by atoms with Crippen LogP contribution in [0.25, 0.3) is 0 Å². The molecule has 13 heavy (non-hydrogen) atoms. The second kappa shape index (κ2) is 5.18. The van der Waals surface area contributed by atoms with E-state index in [1.165, 1.54) is 0 Å². The van der Waals surface area contributed by atoms with Crippen molar-refractivity contribution in [2.45, 2.75) is 13.0 Å². The second-order valence-electron chi connectivity index (χ2n) is 2.74. The third-order valence-electron chi connectivity index (χ3n) is 1.76. The number of hydrogen-bond donors (Lipinski definition) is 2. The van der Waals surface area contributed by atoms with E-state index in [1.54, 1.807) is 0 Å². The Balaban J connectivity index is 2.45. The van der Waals surface area contributed by atoms with Gasteiger partial charge >= 0.3 is 0 Å². The number of benzene rings is 1. The van der Waals surface area contributed by atoms with Gasteiger partial charge in [0.15, 0.2) is 0 Å². The first-order valence-electron chi connectivity index (χ1n) is 4.26. The van der Waals surface area contributed by atoms with Gasteiger partial charge < -0.3 is 11.1 Å². The van der Waals surface area contributed by atoms with Crippen LogP contribution < -0.4 is 11.1 Å². The Bertz CT molecular complexity index is 284. The van der Waals surface area contributed by atoms with E-state index in [0.717, 1.165) is 11.3 Å². The molecule has 3 N–H and O–H groups in total. The first-order chi connectivity index (χ1) is 6.36. The molecule has 0 saturated heterocycles. The van der Waals surface area contributed by atoms with Gasteiger partial charge in [-0.25, -0.2) is 0 Å². The van der Waals surface area contributed by atoms with Crippen LogP contribution in [-0.4, -0.2) is 6.54 Å². The highest BCUT2D eigenvalue weighted by molar-refractivity contribution is 5.44. The number of anilines is 1. The van der Waals surface area contributed by atoms with Crippen LogP contribution in [-0.2, 0) is 6.54 Å². The fourth-order valence-electron chi connectivity index (χ4n) is 1.02. The predicted octanol–water partition coefficient (Wildman–Crippen LogP) is 1.47. The Kier molecular flexibility index (Phi) is 3.80. The van der Waals surface area contributed by atoms with Gasteiger partial charge in [0, 0.05) is 18.8 Å². The lowest BCUT2D eigenvalue weighted by Crippen LogP contribution is -2.01. The van der Waals surface area contributed by atoms with E-state index in [0.29, 0.717) is 19.5 Å². The van der Waals surface area contributed by atoms with Gasteiger partial charge in [-0.05, 0) is 17.7 Å². The average Bonchev–Trinajstić information content (AvgIpc) is 2.19. The molecule has 0 amide bonds. The maximum atomic E-state index is 8.32. The highest BCUT2D eigenvalue weighted by atomic mass is 14.9. The van der Waals surface area contributed by atoms with Crippen LogP contribution in [0.15, 0.2) is 24.3 Å². The van der Waals surface area contributed by atoms with Gasteiger partial charge in [0.1, 0.15) is 0 Å². The van der Waals surface area contributed by atoms with Crippen molar-refractivity contribution in [3.05, 3.63) is 29.8 Å². The van der Waals surface area contributed by atoms with Crippen LogP contribution >= 0.6 is 0 Å². The van der Waals surface area contributed by atoms with E-state index in [4.69, 9.17) is 11.0 Å². The Labute approximate surface area is 78.2 Å². The van der Waals surface area contributed by atoms with Crippen LogP contribution in [0.3, 0.4) is 0 Å². The van der Waals surface area contributed by atoms with Gasteiger partial charge in [-0.1, -0.05) is 12.1 Å². The zero-order chi connectivity index (χ0) is 9.52. The molecule has 68 valence electrons. The van der Waals surface area contributed by atoms with E-state index >= 15 is 0 Å². The summed E-state index contributed by atoms with van der Waals surface area (Å²) in [6, 6.07) is 9.98. The molecule has 0 saturated carbocycles. The topological polar surface area (TPSA) is 61.8 Å². The second-order valence-corrected chi connectivity index (χ2v) is 2.74. The Morgan fingerprint density at radius 2 is 2.00 bits per heavy atom. The molecule has 0 aliphatic carbocycles. The SMILES string of the molecule is N#CCCNc1ccc(CN)cc1. The van der Waals surface area contributed by atoms with Gasteiger partial charge in [0.2, 0.25) is 0 Å². The summed E-state index contributed by atoms with van der Waals surface area (Å²) in [6.45, 7) is 1.26. The summed E-state index contributed by atoms with van der Waals surface area (Å²) in [7, 11) is 0. The lowest BCUT2D eigenvalue weighted by molar-refractivity contribution is 1.06. The van der Waals surface area contributed by atoms with Gasteiger partial charge in [0.05, 0.1) is 12.5 Å². The highest BCUT2D eigenvalue weighted by Gasteiger charge is 1.91. The highest BCUT2D eigenvalue weighted by Crippen LogP contribution is 2.08. The molecular weight excluding hydrogens is 162 g/mol. The molecule has 3 nitrogen and oxygen atoms in total. The zero-order valence-electron chi connectivity index (χ0n) is 7.46. The Hall–Kier alpha value is -1.53. The van der Waals surface area contributed by atoms with E-state index < -0.39 is 0 Å². The third kappa shape index (κ3) is 3.14. The molecule has 0 bridgehead atoms. The molecule has 0 heterocycles. The van der Waals surface area contributed by atoms with Crippen molar-refractivity contribution >= 4 is 5.69 Å². The standard InChI is InChI=1S/C10H13N3/c11-6-1-7-13-10-4-2-9(8-12)3-5-10/h2-5,13H,1,7-8,12H2. The summed E-state index contributed by atoms with van der Waals surface area (Å²) in [5, 5.41) is 11.5. The minimum absolute atomic E-state index is 0.526. The van der Waals surface area contributed by atoms with Crippen LogP contribution in [0.2, 0.25) is 0 Å². The fourth-order valence-corrected chi connectivity index (χ4v) is 1.02. The van der Waals surface area contributed by atoms with Crippen molar-refractivity contribution in [1.29, 1.82) is 5.26 Å². The molecule has 0 atom stereocenters. The third-order valence-corrected chi connectivity index (χ3v) is 1.76. The zero-order valence-corrected chi connectivity index (χ0v) is 7.46. The summed E-state index contributed by atoms with van der Waals surface area (Å²) in [5.41, 5.74) is 7.61. The summed E-state index contributed by atoms with van der Waals surface area (Å²) in [4.78, 5) is 0. The van der Waals surface area contributed by atoms with Crippen molar-refractivity contribution in [2.24, 2.45) is 5.73 Å². The van der Waals surface area contributed by atoms with Crippen molar-refractivity contribution < 1.29 is 0 Å². The Morgan fingerprint density at radius 1 is 1.31 bits per heavy atom. The van der Waals surface area contributed by atoms with E-state index in [9.17, 15) is 0 Å². The van der Waals surface area contributed by atoms with Crippen LogP contribution in [0.4, 0.5) is 5.69 Å². The van der Waals surface area contributed by atoms with E-state index in [1.807, 2.05) is 24.3 Å². The molecule has 0 aliphatic rings. The molecule has 1 rings (SSSR count). The number of nitrogens with one attached hydrogen (secondary N) is 1. The molecule has 0 unspecified atom stereocenters. The number of nitriles is 1. The summed E-state index contributed by atoms with van der Waals surface area (Å²) >= 11 is 0. The maximum Gasteiger partial charge on any atom is 0.0640 e. The van der Waals surface area contributed by atoms with Crippen LogP contribution in [0.5, 0.6) is 0 Å². The van der Waals surface area contributed by atoms with Crippen molar-refractivity contribution in [3.63, 3.8) is 0 Å². The molecule has 0 aromatic heterocycles. The largest absolute Gasteiger partial charge is 0.384 e. The summed E-state index contributed by atoms with van der Waals surface area (Å²) < 4.78 is 0. The number of nitrogens with two attached hydrogens (primary N) is 1. The van der Waals surface area contributed by atoms with E-state index in [-0.39, 0.29) is 0 Å². The molecule has 1 aromatic rings. The quantitative estimate of drug-likeness (QED) is 0.681. The van der Waals surface area contributed by atoms with E-state index in [2.05, 4.69) is 11.4 Å².